The topological polar surface area (TPSA) is 32.3 Å². The highest BCUT2D eigenvalue weighted by Gasteiger charge is 2.13. The summed E-state index contributed by atoms with van der Waals surface area (Å²) in [5.41, 5.74) is 0. The number of nitrogens with one attached hydrogen (secondary N) is 1. The van der Waals surface area contributed by atoms with Crippen molar-refractivity contribution in [3.8, 4) is 0 Å². The summed E-state index contributed by atoms with van der Waals surface area (Å²) in [6.07, 6.45) is 5.35. The lowest BCUT2D eigenvalue weighted by Crippen LogP contribution is -2.37. The van der Waals surface area contributed by atoms with Crippen LogP contribution >= 0.6 is 0 Å². The van der Waals surface area contributed by atoms with Crippen molar-refractivity contribution in [1.82, 2.24) is 10.2 Å². The van der Waals surface area contributed by atoms with Crippen LogP contribution < -0.4 is 5.32 Å². The van der Waals surface area contributed by atoms with Gasteiger partial charge in [0, 0.05) is 13.1 Å². The summed E-state index contributed by atoms with van der Waals surface area (Å²) in [6.45, 7) is 9.90. The second-order valence-electron chi connectivity index (χ2n) is 4.42. The minimum atomic E-state index is -0.0690. The van der Waals surface area contributed by atoms with E-state index in [-0.39, 0.29) is 5.91 Å². The summed E-state index contributed by atoms with van der Waals surface area (Å²) in [7, 11) is 0. The number of carbonyl (C=O) groups is 1. The van der Waals surface area contributed by atoms with Gasteiger partial charge in [-0.1, -0.05) is 19.9 Å². The second-order valence-corrected chi connectivity index (χ2v) is 4.42. The Hall–Kier alpha value is -0.830. The molecule has 0 aromatic carbocycles. The van der Waals surface area contributed by atoms with Crippen molar-refractivity contribution in [3.63, 3.8) is 0 Å². The van der Waals surface area contributed by atoms with Crippen molar-refractivity contribution in [2.45, 2.75) is 26.2 Å². The number of amides is 1. The van der Waals surface area contributed by atoms with E-state index in [9.17, 15) is 4.79 Å². The van der Waals surface area contributed by atoms with Crippen LogP contribution in [0.5, 0.6) is 0 Å². The highest BCUT2D eigenvalue weighted by Crippen LogP contribution is 2.10. The first kappa shape index (κ1) is 12.2. The van der Waals surface area contributed by atoms with E-state index in [2.05, 4.69) is 23.7 Å². The third-order valence-corrected chi connectivity index (χ3v) is 2.83. The lowest BCUT2D eigenvalue weighted by Gasteiger charge is -2.29. The number of piperidine rings is 1. The van der Waals surface area contributed by atoms with Gasteiger partial charge in [-0.25, -0.2) is 0 Å². The van der Waals surface area contributed by atoms with Gasteiger partial charge in [0.2, 0.25) is 5.91 Å². The van der Waals surface area contributed by atoms with Gasteiger partial charge in [0.1, 0.15) is 0 Å². The highest BCUT2D eigenvalue weighted by atomic mass is 16.1. The molecule has 0 radical (unpaired) electrons. The molecule has 15 heavy (non-hydrogen) atoms. The van der Waals surface area contributed by atoms with Crippen LogP contribution in [-0.2, 0) is 4.79 Å². The number of rotatable bonds is 5. The molecule has 0 aromatic heterocycles. The van der Waals surface area contributed by atoms with Gasteiger partial charge in [0.05, 0.1) is 0 Å². The van der Waals surface area contributed by atoms with Crippen LogP contribution in [0.1, 0.15) is 26.2 Å². The Balaban J connectivity index is 2.13. The molecule has 1 unspecified atom stereocenters. The molecule has 1 aliphatic rings. The highest BCUT2D eigenvalue weighted by molar-refractivity contribution is 5.86. The quantitative estimate of drug-likeness (QED) is 0.696. The molecule has 0 aliphatic carbocycles. The summed E-state index contributed by atoms with van der Waals surface area (Å²) < 4.78 is 0. The molecule has 3 heteroatoms. The largest absolute Gasteiger partial charge is 0.352 e. The zero-order valence-electron chi connectivity index (χ0n) is 9.67. The van der Waals surface area contributed by atoms with E-state index >= 15 is 0 Å². The van der Waals surface area contributed by atoms with Crippen LogP contribution in [0.15, 0.2) is 12.7 Å². The summed E-state index contributed by atoms with van der Waals surface area (Å²) >= 11 is 0. The summed E-state index contributed by atoms with van der Waals surface area (Å²) in [6, 6.07) is 0. The fourth-order valence-corrected chi connectivity index (χ4v) is 1.99. The van der Waals surface area contributed by atoms with Crippen molar-refractivity contribution in [3.05, 3.63) is 12.7 Å². The van der Waals surface area contributed by atoms with Gasteiger partial charge in [0.15, 0.2) is 0 Å². The fourth-order valence-electron chi connectivity index (χ4n) is 1.99. The van der Waals surface area contributed by atoms with Crippen LogP contribution in [-0.4, -0.2) is 37.0 Å². The van der Waals surface area contributed by atoms with Gasteiger partial charge in [-0.2, -0.15) is 0 Å². The average molecular weight is 210 g/mol. The van der Waals surface area contributed by atoms with Crippen LogP contribution in [0, 0.1) is 5.92 Å². The number of carbonyl (C=O) groups excluding carboxylic acids is 1. The van der Waals surface area contributed by atoms with Crippen LogP contribution in [0.2, 0.25) is 0 Å². The second kappa shape index (κ2) is 6.62. The van der Waals surface area contributed by atoms with Crippen molar-refractivity contribution in [2.24, 2.45) is 5.92 Å². The van der Waals surface area contributed by atoms with Crippen LogP contribution in [0.3, 0.4) is 0 Å². The molecule has 1 fully saturated rings. The predicted octanol–water partition coefficient (Wildman–Crippen LogP) is 1.41. The summed E-state index contributed by atoms with van der Waals surface area (Å²) in [5, 5.41) is 2.84. The summed E-state index contributed by atoms with van der Waals surface area (Å²) in [4.78, 5) is 13.5. The molecule has 0 bridgehead atoms. The van der Waals surface area contributed by atoms with E-state index in [1.165, 1.54) is 38.4 Å². The molecule has 1 atom stereocenters. The molecular formula is C12H22N2O. The van der Waals surface area contributed by atoms with E-state index in [1.807, 2.05) is 0 Å². The van der Waals surface area contributed by atoms with E-state index < -0.39 is 0 Å². The molecule has 0 aromatic rings. The molecule has 1 heterocycles. The van der Waals surface area contributed by atoms with E-state index in [0.29, 0.717) is 5.92 Å². The first-order chi connectivity index (χ1) is 7.22. The maximum atomic E-state index is 11.0. The number of hydrogen-bond acceptors (Lipinski definition) is 2. The Morgan fingerprint density at radius 1 is 1.47 bits per heavy atom. The maximum absolute atomic E-state index is 11.0. The van der Waals surface area contributed by atoms with E-state index in [0.717, 1.165) is 13.1 Å². The summed E-state index contributed by atoms with van der Waals surface area (Å²) in [5.74, 6) is 0.451. The third kappa shape index (κ3) is 4.98. The Labute approximate surface area is 92.5 Å². The first-order valence-electron chi connectivity index (χ1n) is 5.85. The monoisotopic (exact) mass is 210 g/mol. The average Bonchev–Trinajstić information content (AvgIpc) is 2.27. The lowest BCUT2D eigenvalue weighted by molar-refractivity contribution is -0.116. The number of nitrogens with zero attached hydrogens (tertiary/aromatic N) is 1. The Bertz CT molecular complexity index is 210. The van der Waals surface area contributed by atoms with Crippen molar-refractivity contribution < 1.29 is 4.79 Å². The zero-order valence-corrected chi connectivity index (χ0v) is 9.67. The van der Waals surface area contributed by atoms with Gasteiger partial charge < -0.3 is 10.2 Å². The van der Waals surface area contributed by atoms with Crippen molar-refractivity contribution in [2.75, 3.05) is 26.2 Å². The van der Waals surface area contributed by atoms with Gasteiger partial charge in [-0.3, -0.25) is 4.79 Å². The molecule has 1 rings (SSSR count). The zero-order chi connectivity index (χ0) is 11.1. The van der Waals surface area contributed by atoms with Crippen molar-refractivity contribution >= 4 is 5.91 Å². The molecule has 3 nitrogen and oxygen atoms in total. The Morgan fingerprint density at radius 2 is 2.13 bits per heavy atom. The third-order valence-electron chi connectivity index (χ3n) is 2.83. The minimum absolute atomic E-state index is 0.0690. The molecule has 1 N–H and O–H groups in total. The molecule has 1 saturated heterocycles. The lowest BCUT2D eigenvalue weighted by atomic mass is 10.1. The molecule has 1 aliphatic heterocycles. The first-order valence-corrected chi connectivity index (χ1v) is 5.85. The minimum Gasteiger partial charge on any atom is -0.352 e. The Kier molecular flexibility index (Phi) is 5.40. The van der Waals surface area contributed by atoms with Gasteiger partial charge in [-0.15, -0.1) is 0 Å². The van der Waals surface area contributed by atoms with Crippen LogP contribution in [0.4, 0.5) is 0 Å². The van der Waals surface area contributed by atoms with E-state index in [4.69, 9.17) is 0 Å². The predicted molar refractivity (Wildman–Crippen MR) is 62.7 cm³/mol. The molecular weight excluding hydrogens is 188 g/mol. The normalized spacial score (nSPS) is 19.5. The molecule has 1 amide bonds. The van der Waals surface area contributed by atoms with Gasteiger partial charge in [0.25, 0.3) is 0 Å². The van der Waals surface area contributed by atoms with Gasteiger partial charge >= 0.3 is 0 Å². The smallest absolute Gasteiger partial charge is 0.243 e. The SMILES string of the molecule is C=CC(=O)NCC(C)CN1CCCCC1. The van der Waals surface area contributed by atoms with Crippen LogP contribution in [0.25, 0.3) is 0 Å². The maximum Gasteiger partial charge on any atom is 0.243 e. The van der Waals surface area contributed by atoms with Gasteiger partial charge in [-0.05, 0) is 37.9 Å². The number of hydrogen-bond donors (Lipinski definition) is 1. The standard InChI is InChI=1S/C12H22N2O/c1-3-12(15)13-9-11(2)10-14-7-5-4-6-8-14/h3,11H,1,4-10H2,2H3,(H,13,15). The molecule has 86 valence electrons. The number of likely N-dealkylation sites (tertiary alicyclic amines) is 1. The fraction of sp³-hybridized carbons (Fsp3) is 0.750. The Morgan fingerprint density at radius 3 is 2.73 bits per heavy atom. The van der Waals surface area contributed by atoms with E-state index in [1.54, 1.807) is 0 Å². The molecule has 0 spiro atoms. The molecule has 0 saturated carbocycles. The van der Waals surface area contributed by atoms with Crippen molar-refractivity contribution in [1.29, 1.82) is 0 Å².